The SMILES string of the molecule is Cn1ccnc1-c1c(-c2ccc(F)c(F)c2)ncn1[C@@H]1C[C@@H]2CC[C@H]1O2. The molecule has 0 radical (unpaired) electrons. The third-order valence-corrected chi connectivity index (χ3v) is 5.45. The molecule has 0 saturated carbocycles. The molecular formula is C19H18F2N4O. The lowest BCUT2D eigenvalue weighted by atomic mass is 9.95. The Morgan fingerprint density at radius 1 is 1.15 bits per heavy atom. The van der Waals surface area contributed by atoms with E-state index in [0.29, 0.717) is 17.4 Å². The minimum Gasteiger partial charge on any atom is -0.373 e. The maximum atomic E-state index is 13.8. The average molecular weight is 356 g/mol. The topological polar surface area (TPSA) is 44.9 Å². The van der Waals surface area contributed by atoms with Crippen molar-refractivity contribution in [1.82, 2.24) is 19.1 Å². The van der Waals surface area contributed by atoms with Crippen LogP contribution in [0.25, 0.3) is 22.8 Å². The first kappa shape index (κ1) is 15.7. The Balaban J connectivity index is 1.68. The molecule has 0 N–H and O–H groups in total. The normalized spacial score (nSPS) is 24.5. The molecule has 3 aromatic rings. The molecule has 0 spiro atoms. The van der Waals surface area contributed by atoms with Crippen LogP contribution in [-0.2, 0) is 11.8 Å². The third kappa shape index (κ3) is 2.30. The minimum atomic E-state index is -0.883. The summed E-state index contributed by atoms with van der Waals surface area (Å²) in [5.41, 5.74) is 1.94. The van der Waals surface area contributed by atoms with Gasteiger partial charge in [-0.15, -0.1) is 0 Å². The minimum absolute atomic E-state index is 0.172. The fraction of sp³-hybridized carbons (Fsp3) is 0.368. The third-order valence-electron chi connectivity index (χ3n) is 5.45. The molecule has 2 fully saturated rings. The van der Waals surface area contributed by atoms with Crippen LogP contribution in [0.3, 0.4) is 0 Å². The molecule has 2 aromatic heterocycles. The van der Waals surface area contributed by atoms with E-state index >= 15 is 0 Å². The zero-order chi connectivity index (χ0) is 17.8. The number of aryl methyl sites for hydroxylation is 1. The number of halogens is 2. The van der Waals surface area contributed by atoms with Crippen LogP contribution < -0.4 is 0 Å². The lowest BCUT2D eigenvalue weighted by Crippen LogP contribution is -2.21. The van der Waals surface area contributed by atoms with E-state index in [-0.39, 0.29) is 12.1 Å². The first-order valence-electron chi connectivity index (χ1n) is 8.77. The van der Waals surface area contributed by atoms with Gasteiger partial charge in [0.15, 0.2) is 17.5 Å². The van der Waals surface area contributed by atoms with Crippen LogP contribution in [0.2, 0.25) is 0 Å². The first-order chi connectivity index (χ1) is 12.6. The summed E-state index contributed by atoms with van der Waals surface area (Å²) in [4.78, 5) is 9.02. The van der Waals surface area contributed by atoms with E-state index in [2.05, 4.69) is 14.5 Å². The standard InChI is InChI=1S/C19H18F2N4O/c1-24-7-6-22-19(24)18-17(11-2-4-13(20)14(21)8-11)23-10-25(18)15-9-12-3-5-16(15)26-12/h2,4,6-8,10,12,15-16H,3,5,9H2,1H3/t12-,15+,16+/m0/s1. The molecule has 2 aliphatic rings. The molecule has 0 unspecified atom stereocenters. The largest absolute Gasteiger partial charge is 0.373 e. The predicted octanol–water partition coefficient (Wildman–Crippen LogP) is 3.72. The van der Waals surface area contributed by atoms with Gasteiger partial charge in [-0.25, -0.2) is 18.7 Å². The summed E-state index contributed by atoms with van der Waals surface area (Å²) in [7, 11) is 1.91. The van der Waals surface area contributed by atoms with Gasteiger partial charge in [0.05, 0.1) is 30.3 Å². The monoisotopic (exact) mass is 356 g/mol. The van der Waals surface area contributed by atoms with Gasteiger partial charge in [-0.2, -0.15) is 0 Å². The summed E-state index contributed by atoms with van der Waals surface area (Å²) in [6.07, 6.45) is 8.90. The molecule has 2 bridgehead atoms. The number of hydrogen-bond donors (Lipinski definition) is 0. The Hall–Kier alpha value is -2.54. The van der Waals surface area contributed by atoms with Crippen molar-refractivity contribution < 1.29 is 13.5 Å². The van der Waals surface area contributed by atoms with Crippen molar-refractivity contribution in [2.45, 2.75) is 37.5 Å². The van der Waals surface area contributed by atoms with E-state index < -0.39 is 11.6 Å². The number of imidazole rings is 2. The Labute approximate surface area is 149 Å². The van der Waals surface area contributed by atoms with Crippen LogP contribution in [-0.4, -0.2) is 31.3 Å². The summed E-state index contributed by atoms with van der Waals surface area (Å²) in [5, 5.41) is 0. The van der Waals surface area contributed by atoms with Crippen LogP contribution in [0.5, 0.6) is 0 Å². The molecule has 26 heavy (non-hydrogen) atoms. The maximum Gasteiger partial charge on any atom is 0.159 e. The van der Waals surface area contributed by atoms with Crippen LogP contribution in [0.1, 0.15) is 25.3 Å². The molecule has 0 amide bonds. The van der Waals surface area contributed by atoms with Crippen LogP contribution in [0.15, 0.2) is 36.9 Å². The number of nitrogens with zero attached hydrogens (tertiary/aromatic N) is 4. The zero-order valence-electron chi connectivity index (χ0n) is 14.3. The lowest BCUT2D eigenvalue weighted by molar-refractivity contribution is 0.0940. The molecular weight excluding hydrogens is 338 g/mol. The van der Waals surface area contributed by atoms with Crippen LogP contribution >= 0.6 is 0 Å². The summed E-state index contributed by atoms with van der Waals surface area (Å²) in [6, 6.07) is 4.06. The van der Waals surface area contributed by atoms with Crippen molar-refractivity contribution in [2.75, 3.05) is 0 Å². The van der Waals surface area contributed by atoms with Gasteiger partial charge in [0, 0.05) is 25.0 Å². The van der Waals surface area contributed by atoms with Gasteiger partial charge in [-0.3, -0.25) is 0 Å². The molecule has 7 heteroatoms. The highest BCUT2D eigenvalue weighted by molar-refractivity contribution is 5.75. The molecule has 4 heterocycles. The highest BCUT2D eigenvalue weighted by Gasteiger charge is 2.43. The van der Waals surface area contributed by atoms with Crippen molar-refractivity contribution in [2.24, 2.45) is 7.05 Å². The summed E-state index contributed by atoms with van der Waals surface area (Å²) >= 11 is 0. The van der Waals surface area contributed by atoms with Crippen molar-refractivity contribution in [3.05, 3.63) is 48.6 Å². The second-order valence-electron chi connectivity index (χ2n) is 7.02. The van der Waals surface area contributed by atoms with E-state index in [4.69, 9.17) is 4.74 Å². The number of rotatable bonds is 3. The Kier molecular flexibility index (Phi) is 3.46. The molecule has 5 rings (SSSR count). The highest BCUT2D eigenvalue weighted by Crippen LogP contribution is 2.44. The average Bonchev–Trinajstić information content (AvgIpc) is 3.39. The van der Waals surface area contributed by atoms with Gasteiger partial charge >= 0.3 is 0 Å². The van der Waals surface area contributed by atoms with Gasteiger partial charge in [0.2, 0.25) is 0 Å². The van der Waals surface area contributed by atoms with E-state index in [0.717, 1.165) is 36.8 Å². The van der Waals surface area contributed by atoms with Gasteiger partial charge < -0.3 is 13.9 Å². The second-order valence-corrected chi connectivity index (χ2v) is 7.02. The number of fused-ring (bicyclic) bond motifs is 2. The summed E-state index contributed by atoms with van der Waals surface area (Å²) in [5.74, 6) is -1.01. The number of benzene rings is 1. The number of aromatic nitrogens is 4. The van der Waals surface area contributed by atoms with Gasteiger partial charge in [0.1, 0.15) is 5.69 Å². The summed E-state index contributed by atoms with van der Waals surface area (Å²) in [6.45, 7) is 0. The Morgan fingerprint density at radius 3 is 2.69 bits per heavy atom. The van der Waals surface area contributed by atoms with Crippen molar-refractivity contribution >= 4 is 0 Å². The Bertz CT molecular complexity index is 980. The number of hydrogen-bond acceptors (Lipinski definition) is 3. The fourth-order valence-corrected chi connectivity index (χ4v) is 4.19. The molecule has 5 nitrogen and oxygen atoms in total. The maximum absolute atomic E-state index is 13.8. The molecule has 0 aliphatic carbocycles. The Morgan fingerprint density at radius 2 is 2.04 bits per heavy atom. The fourth-order valence-electron chi connectivity index (χ4n) is 4.19. The van der Waals surface area contributed by atoms with Gasteiger partial charge in [-0.05, 0) is 37.5 Å². The highest BCUT2D eigenvalue weighted by atomic mass is 19.2. The van der Waals surface area contributed by atoms with E-state index in [9.17, 15) is 8.78 Å². The predicted molar refractivity (Wildman–Crippen MR) is 91.3 cm³/mol. The molecule has 2 saturated heterocycles. The summed E-state index contributed by atoms with van der Waals surface area (Å²) < 4.78 is 37.2. The van der Waals surface area contributed by atoms with Crippen LogP contribution in [0.4, 0.5) is 8.78 Å². The van der Waals surface area contributed by atoms with Crippen LogP contribution in [0, 0.1) is 11.6 Å². The molecule has 1 aromatic carbocycles. The smallest absolute Gasteiger partial charge is 0.159 e. The van der Waals surface area contributed by atoms with Crippen molar-refractivity contribution in [1.29, 1.82) is 0 Å². The second kappa shape index (κ2) is 5.74. The molecule has 2 aliphatic heterocycles. The zero-order valence-corrected chi connectivity index (χ0v) is 14.3. The van der Waals surface area contributed by atoms with Crippen molar-refractivity contribution in [3.63, 3.8) is 0 Å². The molecule has 134 valence electrons. The quantitative estimate of drug-likeness (QED) is 0.718. The van der Waals surface area contributed by atoms with E-state index in [1.165, 1.54) is 6.07 Å². The van der Waals surface area contributed by atoms with Gasteiger partial charge in [-0.1, -0.05) is 0 Å². The van der Waals surface area contributed by atoms with Gasteiger partial charge in [0.25, 0.3) is 0 Å². The van der Waals surface area contributed by atoms with E-state index in [1.54, 1.807) is 18.6 Å². The van der Waals surface area contributed by atoms with Crippen molar-refractivity contribution in [3.8, 4) is 22.8 Å². The number of ether oxygens (including phenoxy) is 1. The molecule has 3 atom stereocenters. The van der Waals surface area contributed by atoms with E-state index in [1.807, 2.05) is 17.8 Å². The lowest BCUT2D eigenvalue weighted by Gasteiger charge is -2.22. The first-order valence-corrected chi connectivity index (χ1v) is 8.77.